The molecule has 2 N–H and O–H groups in total. The first-order chi connectivity index (χ1) is 3.39. The third-order valence-corrected chi connectivity index (χ3v) is 1.02. The van der Waals surface area contributed by atoms with Crippen molar-refractivity contribution in [2.24, 2.45) is 0 Å². The van der Waals surface area contributed by atoms with Crippen LogP contribution in [-0.4, -0.2) is 6.04 Å². The van der Waals surface area contributed by atoms with Crippen LogP contribution in [0, 0.1) is 0 Å². The van der Waals surface area contributed by atoms with E-state index in [4.69, 9.17) is 0 Å². The molecule has 0 aromatic carbocycles. The maximum absolute atomic E-state index is 3.05. The molecule has 0 aromatic rings. The normalized spacial score (nSPS) is 29.6. The van der Waals surface area contributed by atoms with Crippen molar-refractivity contribution in [2.45, 2.75) is 19.4 Å². The van der Waals surface area contributed by atoms with E-state index in [0.29, 0.717) is 6.04 Å². The third kappa shape index (κ3) is 1.20. The van der Waals surface area contributed by atoms with Crippen molar-refractivity contribution < 1.29 is 0 Å². The van der Waals surface area contributed by atoms with Crippen LogP contribution in [0.1, 0.15) is 13.3 Å². The molecule has 0 amide bonds. The Morgan fingerprint density at radius 3 is 2.86 bits per heavy atom. The standard InChI is InChI=1S/C5H10N2/c1-5-3-2-4-6-7-5/h2,4-7H,3H2,1H3. The lowest BCUT2D eigenvalue weighted by atomic mass is 10.2. The zero-order valence-corrected chi connectivity index (χ0v) is 4.44. The average Bonchev–Trinajstić information content (AvgIpc) is 1.69. The molecule has 40 valence electrons. The van der Waals surface area contributed by atoms with Crippen LogP contribution >= 0.6 is 0 Å². The van der Waals surface area contributed by atoms with E-state index in [1.807, 2.05) is 6.20 Å². The van der Waals surface area contributed by atoms with Gasteiger partial charge in [0.2, 0.25) is 0 Å². The van der Waals surface area contributed by atoms with E-state index in [1.165, 1.54) is 0 Å². The van der Waals surface area contributed by atoms with Gasteiger partial charge in [0.05, 0.1) is 0 Å². The van der Waals surface area contributed by atoms with Crippen molar-refractivity contribution in [3.8, 4) is 0 Å². The van der Waals surface area contributed by atoms with Gasteiger partial charge in [0.1, 0.15) is 0 Å². The van der Waals surface area contributed by atoms with Crippen molar-refractivity contribution in [3.63, 3.8) is 0 Å². The van der Waals surface area contributed by atoms with E-state index < -0.39 is 0 Å². The Bertz CT molecular complexity index is 78.1. The predicted octanol–water partition coefficient (Wildman–Crippen LogP) is 0.386. The quantitative estimate of drug-likeness (QED) is 0.458. The minimum absolute atomic E-state index is 0.588. The zero-order chi connectivity index (χ0) is 5.11. The molecule has 1 atom stereocenters. The lowest BCUT2D eigenvalue weighted by molar-refractivity contribution is 0.487. The van der Waals surface area contributed by atoms with Gasteiger partial charge in [0.15, 0.2) is 0 Å². The minimum Gasteiger partial charge on any atom is -0.329 e. The first kappa shape index (κ1) is 4.65. The van der Waals surface area contributed by atoms with Gasteiger partial charge >= 0.3 is 0 Å². The van der Waals surface area contributed by atoms with E-state index in [0.717, 1.165) is 6.42 Å². The lowest BCUT2D eigenvalue weighted by Gasteiger charge is -2.14. The predicted molar refractivity (Wildman–Crippen MR) is 29.5 cm³/mol. The van der Waals surface area contributed by atoms with Crippen LogP contribution in [0.3, 0.4) is 0 Å². The highest BCUT2D eigenvalue weighted by Gasteiger charge is 1.97. The van der Waals surface area contributed by atoms with Gasteiger partial charge in [-0.15, -0.1) is 0 Å². The van der Waals surface area contributed by atoms with Gasteiger partial charge in [-0.3, -0.25) is 0 Å². The van der Waals surface area contributed by atoms with E-state index in [1.54, 1.807) is 0 Å². The topological polar surface area (TPSA) is 24.1 Å². The molecule has 1 unspecified atom stereocenters. The van der Waals surface area contributed by atoms with Gasteiger partial charge in [-0.25, -0.2) is 5.43 Å². The Balaban J connectivity index is 2.32. The van der Waals surface area contributed by atoms with Crippen LogP contribution < -0.4 is 10.9 Å². The number of hydrogen-bond donors (Lipinski definition) is 2. The Morgan fingerprint density at radius 1 is 1.71 bits per heavy atom. The number of hydrazine groups is 1. The first-order valence-corrected chi connectivity index (χ1v) is 2.55. The summed E-state index contributed by atoms with van der Waals surface area (Å²) in [6.45, 7) is 2.14. The highest BCUT2D eigenvalue weighted by atomic mass is 15.4. The smallest absolute Gasteiger partial charge is 0.0267 e. The van der Waals surface area contributed by atoms with Gasteiger partial charge in [-0.2, -0.15) is 0 Å². The summed E-state index contributed by atoms with van der Waals surface area (Å²) in [7, 11) is 0. The molecule has 0 radical (unpaired) electrons. The van der Waals surface area contributed by atoms with Gasteiger partial charge in [0, 0.05) is 12.2 Å². The molecule has 1 aliphatic rings. The molecule has 0 aromatic heterocycles. The highest BCUT2D eigenvalue weighted by Crippen LogP contribution is 1.92. The lowest BCUT2D eigenvalue weighted by Crippen LogP contribution is -2.37. The second-order valence-electron chi connectivity index (χ2n) is 1.83. The minimum atomic E-state index is 0.588. The Hall–Kier alpha value is -0.500. The number of hydrogen-bond acceptors (Lipinski definition) is 2. The fourth-order valence-corrected chi connectivity index (χ4v) is 0.580. The SMILES string of the molecule is CC1CC=CNN1. The summed E-state index contributed by atoms with van der Waals surface area (Å²) in [5, 5.41) is 0. The molecular formula is C5H10N2. The number of rotatable bonds is 0. The highest BCUT2D eigenvalue weighted by molar-refractivity contribution is 4.86. The molecule has 1 rings (SSSR count). The maximum atomic E-state index is 3.05. The molecule has 1 aliphatic heterocycles. The molecule has 2 nitrogen and oxygen atoms in total. The van der Waals surface area contributed by atoms with Crippen LogP contribution in [0.25, 0.3) is 0 Å². The van der Waals surface area contributed by atoms with Gasteiger partial charge in [0.25, 0.3) is 0 Å². The van der Waals surface area contributed by atoms with Crippen LogP contribution in [0.15, 0.2) is 12.3 Å². The summed E-state index contributed by atoms with van der Waals surface area (Å²) in [6.07, 6.45) is 5.16. The maximum Gasteiger partial charge on any atom is 0.0267 e. The largest absolute Gasteiger partial charge is 0.329 e. The van der Waals surface area contributed by atoms with Crippen molar-refractivity contribution in [1.29, 1.82) is 0 Å². The molecule has 0 saturated heterocycles. The zero-order valence-electron chi connectivity index (χ0n) is 4.44. The van der Waals surface area contributed by atoms with E-state index in [9.17, 15) is 0 Å². The van der Waals surface area contributed by atoms with Crippen LogP contribution in [-0.2, 0) is 0 Å². The molecule has 0 spiro atoms. The third-order valence-electron chi connectivity index (χ3n) is 1.02. The van der Waals surface area contributed by atoms with Crippen LogP contribution in [0.5, 0.6) is 0 Å². The summed E-state index contributed by atoms with van der Waals surface area (Å²) >= 11 is 0. The summed E-state index contributed by atoms with van der Waals surface area (Å²) in [5.41, 5.74) is 5.95. The number of nitrogens with one attached hydrogen (secondary N) is 2. The first-order valence-electron chi connectivity index (χ1n) is 2.55. The van der Waals surface area contributed by atoms with Crippen molar-refractivity contribution in [2.75, 3.05) is 0 Å². The van der Waals surface area contributed by atoms with Gasteiger partial charge in [-0.05, 0) is 13.3 Å². The fraction of sp³-hybridized carbons (Fsp3) is 0.600. The van der Waals surface area contributed by atoms with Crippen molar-refractivity contribution in [3.05, 3.63) is 12.3 Å². The Labute approximate surface area is 43.6 Å². The van der Waals surface area contributed by atoms with Crippen molar-refractivity contribution >= 4 is 0 Å². The fourth-order valence-electron chi connectivity index (χ4n) is 0.580. The second-order valence-corrected chi connectivity index (χ2v) is 1.83. The van der Waals surface area contributed by atoms with Crippen molar-refractivity contribution in [1.82, 2.24) is 10.9 Å². The second kappa shape index (κ2) is 1.98. The van der Waals surface area contributed by atoms with Gasteiger partial charge < -0.3 is 5.43 Å². The van der Waals surface area contributed by atoms with E-state index >= 15 is 0 Å². The van der Waals surface area contributed by atoms with Gasteiger partial charge in [-0.1, -0.05) is 6.08 Å². The molecule has 0 aliphatic carbocycles. The molecule has 0 fully saturated rings. The molecule has 0 saturated carbocycles. The molecular weight excluding hydrogens is 88.1 g/mol. The Kier molecular flexibility index (Phi) is 1.32. The van der Waals surface area contributed by atoms with E-state index in [2.05, 4.69) is 23.9 Å². The summed E-state index contributed by atoms with van der Waals surface area (Å²) < 4.78 is 0. The van der Waals surface area contributed by atoms with E-state index in [-0.39, 0.29) is 0 Å². The van der Waals surface area contributed by atoms with Crippen LogP contribution in [0.2, 0.25) is 0 Å². The summed E-state index contributed by atoms with van der Waals surface area (Å²) in [4.78, 5) is 0. The van der Waals surface area contributed by atoms with Crippen LogP contribution in [0.4, 0.5) is 0 Å². The Morgan fingerprint density at radius 2 is 2.57 bits per heavy atom. The summed E-state index contributed by atoms with van der Waals surface area (Å²) in [6, 6.07) is 0.588. The average molecular weight is 98.1 g/mol. The molecule has 7 heavy (non-hydrogen) atoms. The summed E-state index contributed by atoms with van der Waals surface area (Å²) in [5.74, 6) is 0. The monoisotopic (exact) mass is 98.1 g/mol. The molecule has 1 heterocycles. The molecule has 0 bridgehead atoms. The molecule has 2 heteroatoms.